The molecule has 1 saturated carbocycles. The van der Waals surface area contributed by atoms with Crippen molar-refractivity contribution in [2.75, 3.05) is 25.0 Å². The first kappa shape index (κ1) is 24.8. The summed E-state index contributed by atoms with van der Waals surface area (Å²) in [5.74, 6) is -0.286. The van der Waals surface area contributed by atoms with Crippen LogP contribution in [0.4, 0.5) is 5.82 Å². The van der Waals surface area contributed by atoms with Crippen LogP contribution in [0.5, 0.6) is 0 Å². The number of nitrogens with one attached hydrogen (secondary N) is 2. The van der Waals surface area contributed by atoms with Gasteiger partial charge in [-0.2, -0.15) is 0 Å². The summed E-state index contributed by atoms with van der Waals surface area (Å²) in [5, 5.41) is 16.1. The van der Waals surface area contributed by atoms with Crippen molar-refractivity contribution in [3.05, 3.63) is 58.8 Å². The summed E-state index contributed by atoms with van der Waals surface area (Å²) in [4.78, 5) is 32.1. The van der Waals surface area contributed by atoms with Gasteiger partial charge >= 0.3 is 5.97 Å². The third kappa shape index (κ3) is 6.06. The van der Waals surface area contributed by atoms with Gasteiger partial charge in [0.05, 0.1) is 5.92 Å². The molecule has 0 radical (unpaired) electrons. The third-order valence-corrected chi connectivity index (χ3v) is 7.91. The second-order valence-corrected chi connectivity index (χ2v) is 10.5. The minimum absolute atomic E-state index is 0.155. The molecule has 1 aliphatic heterocycles. The fraction of sp³-hybridized carbons (Fsp3) is 0.552. The van der Waals surface area contributed by atoms with Gasteiger partial charge < -0.3 is 20.6 Å². The number of aryl methyl sites for hydroxylation is 3. The van der Waals surface area contributed by atoms with Crippen LogP contribution in [-0.2, 0) is 28.9 Å². The molecular formula is C29H38N4O3. The Bertz CT molecular complexity index is 1080. The molecule has 7 heteroatoms. The van der Waals surface area contributed by atoms with Crippen molar-refractivity contribution in [2.24, 2.45) is 0 Å². The molecule has 1 fully saturated rings. The van der Waals surface area contributed by atoms with Gasteiger partial charge in [0, 0.05) is 24.8 Å². The molecular weight excluding hydrogens is 452 g/mol. The highest BCUT2D eigenvalue weighted by molar-refractivity contribution is 5.89. The van der Waals surface area contributed by atoms with Crippen molar-refractivity contribution in [1.82, 2.24) is 15.2 Å². The summed E-state index contributed by atoms with van der Waals surface area (Å²) in [7, 11) is 0. The van der Waals surface area contributed by atoms with Crippen molar-refractivity contribution < 1.29 is 14.7 Å². The Labute approximate surface area is 213 Å². The predicted molar refractivity (Wildman–Crippen MR) is 140 cm³/mol. The summed E-state index contributed by atoms with van der Waals surface area (Å²) in [5.41, 5.74) is 4.71. The lowest BCUT2D eigenvalue weighted by Crippen LogP contribution is -2.45. The van der Waals surface area contributed by atoms with Crippen LogP contribution in [0.1, 0.15) is 73.2 Å². The lowest BCUT2D eigenvalue weighted by molar-refractivity contribution is -0.142. The third-order valence-electron chi connectivity index (χ3n) is 7.91. The normalized spacial score (nSPS) is 19.3. The first-order valence-electron chi connectivity index (χ1n) is 13.7. The Hall–Kier alpha value is -2.93. The Kier molecular flexibility index (Phi) is 7.85. The highest BCUT2D eigenvalue weighted by atomic mass is 16.4. The highest BCUT2D eigenvalue weighted by Gasteiger charge is 2.33. The van der Waals surface area contributed by atoms with Crippen LogP contribution in [-0.4, -0.2) is 58.6 Å². The summed E-state index contributed by atoms with van der Waals surface area (Å²) in [6.07, 6.45) is 9.79. The van der Waals surface area contributed by atoms with E-state index in [0.29, 0.717) is 19.0 Å². The van der Waals surface area contributed by atoms with Gasteiger partial charge in [-0.3, -0.25) is 4.79 Å². The number of anilines is 1. The van der Waals surface area contributed by atoms with Gasteiger partial charge in [0.2, 0.25) is 5.91 Å². The first-order valence-corrected chi connectivity index (χ1v) is 13.7. The van der Waals surface area contributed by atoms with E-state index >= 15 is 0 Å². The quantitative estimate of drug-likeness (QED) is 0.391. The van der Waals surface area contributed by atoms with E-state index in [0.717, 1.165) is 68.7 Å². The molecule has 0 bridgehead atoms. The van der Waals surface area contributed by atoms with E-state index in [4.69, 9.17) is 4.98 Å². The molecule has 1 aromatic heterocycles. The number of hydrogen-bond acceptors (Lipinski definition) is 5. The maximum atomic E-state index is 13.0. The molecule has 36 heavy (non-hydrogen) atoms. The molecule has 0 saturated heterocycles. The van der Waals surface area contributed by atoms with E-state index in [1.54, 1.807) is 0 Å². The minimum Gasteiger partial charge on any atom is -0.480 e. The molecule has 2 atom stereocenters. The van der Waals surface area contributed by atoms with Gasteiger partial charge in [-0.1, -0.05) is 30.3 Å². The maximum Gasteiger partial charge on any atom is 0.326 e. The molecule has 7 nitrogen and oxygen atoms in total. The summed E-state index contributed by atoms with van der Waals surface area (Å²) < 4.78 is 0. The van der Waals surface area contributed by atoms with Crippen molar-refractivity contribution >= 4 is 17.7 Å². The van der Waals surface area contributed by atoms with Crippen LogP contribution in [0, 0.1) is 0 Å². The zero-order chi connectivity index (χ0) is 24.9. The van der Waals surface area contributed by atoms with E-state index in [1.807, 2.05) is 18.2 Å². The number of aromatic nitrogens is 1. The molecule has 2 aliphatic carbocycles. The molecule has 192 valence electrons. The Morgan fingerprint density at radius 1 is 1.06 bits per heavy atom. The van der Waals surface area contributed by atoms with Crippen molar-refractivity contribution in [3.8, 4) is 0 Å². The van der Waals surface area contributed by atoms with Crippen LogP contribution in [0.15, 0.2) is 36.4 Å². The topological polar surface area (TPSA) is 94.6 Å². The number of amides is 1. The van der Waals surface area contributed by atoms with Gasteiger partial charge in [0.15, 0.2) is 0 Å². The molecule has 5 rings (SSSR count). The SMILES string of the molecule is O=C(O)C(CCN(CCCCc1ccc2c(n1)NCCC2)C1CC1)NC(=O)C1CCc2ccccc21. The van der Waals surface area contributed by atoms with Gasteiger partial charge in [-0.15, -0.1) is 0 Å². The van der Waals surface area contributed by atoms with Gasteiger partial charge in [0.1, 0.15) is 11.9 Å². The zero-order valence-corrected chi connectivity index (χ0v) is 21.0. The first-order chi connectivity index (χ1) is 17.6. The predicted octanol–water partition coefficient (Wildman–Crippen LogP) is 3.92. The number of hydrogen-bond donors (Lipinski definition) is 3. The number of nitrogens with zero attached hydrogens (tertiary/aromatic N) is 2. The maximum absolute atomic E-state index is 13.0. The van der Waals surface area contributed by atoms with E-state index in [2.05, 4.69) is 33.7 Å². The van der Waals surface area contributed by atoms with E-state index in [-0.39, 0.29) is 11.8 Å². The number of rotatable bonds is 12. The van der Waals surface area contributed by atoms with Crippen molar-refractivity contribution in [2.45, 2.75) is 82.2 Å². The Balaban J connectivity index is 1.09. The van der Waals surface area contributed by atoms with Crippen molar-refractivity contribution in [1.29, 1.82) is 0 Å². The highest BCUT2D eigenvalue weighted by Crippen LogP contribution is 2.33. The number of fused-ring (bicyclic) bond motifs is 2. The van der Waals surface area contributed by atoms with Crippen LogP contribution in [0.25, 0.3) is 0 Å². The lowest BCUT2D eigenvalue weighted by Gasteiger charge is -2.25. The summed E-state index contributed by atoms with van der Waals surface area (Å²) in [6, 6.07) is 12.1. The lowest BCUT2D eigenvalue weighted by atomic mass is 10.00. The summed E-state index contributed by atoms with van der Waals surface area (Å²) in [6.45, 7) is 2.67. The smallest absolute Gasteiger partial charge is 0.326 e. The molecule has 1 aromatic carbocycles. The second-order valence-electron chi connectivity index (χ2n) is 10.5. The summed E-state index contributed by atoms with van der Waals surface area (Å²) >= 11 is 0. The molecule has 2 unspecified atom stereocenters. The fourth-order valence-electron chi connectivity index (χ4n) is 5.70. The van der Waals surface area contributed by atoms with Crippen LogP contribution in [0.3, 0.4) is 0 Å². The second kappa shape index (κ2) is 11.4. The number of carboxylic acids is 1. The Morgan fingerprint density at radius 2 is 1.92 bits per heavy atom. The largest absolute Gasteiger partial charge is 0.480 e. The standard InChI is InChI=1S/C29H38N4O3/c34-28(25-15-11-20-6-1-2-9-24(20)25)32-26(29(35)36)16-19-33(23-13-14-23)18-4-3-8-22-12-10-21-7-5-17-30-27(21)31-22/h1-2,6,9-10,12,23,25-26H,3-5,7-8,11,13-19H2,(H,30,31)(H,32,34)(H,35,36). The van der Waals surface area contributed by atoms with Crippen LogP contribution < -0.4 is 10.6 Å². The van der Waals surface area contributed by atoms with Gasteiger partial charge in [0.25, 0.3) is 0 Å². The monoisotopic (exact) mass is 490 g/mol. The number of aliphatic carboxylic acids is 1. The van der Waals surface area contributed by atoms with Crippen molar-refractivity contribution in [3.63, 3.8) is 0 Å². The number of benzene rings is 1. The molecule has 1 amide bonds. The molecule has 2 heterocycles. The average Bonchev–Trinajstić information content (AvgIpc) is 3.65. The van der Waals surface area contributed by atoms with Gasteiger partial charge in [-0.25, -0.2) is 9.78 Å². The molecule has 3 N–H and O–H groups in total. The van der Waals surface area contributed by atoms with Crippen LogP contribution >= 0.6 is 0 Å². The number of carboxylic acid groups (broad SMARTS) is 1. The van der Waals surface area contributed by atoms with E-state index < -0.39 is 12.0 Å². The molecule has 0 spiro atoms. The zero-order valence-electron chi connectivity index (χ0n) is 21.0. The Morgan fingerprint density at radius 3 is 2.75 bits per heavy atom. The van der Waals surface area contributed by atoms with Crippen LogP contribution in [0.2, 0.25) is 0 Å². The number of carbonyl (C=O) groups is 2. The molecule has 3 aliphatic rings. The van der Waals surface area contributed by atoms with Gasteiger partial charge in [-0.05, 0) is 93.5 Å². The molecule has 2 aromatic rings. The van der Waals surface area contributed by atoms with E-state index in [9.17, 15) is 14.7 Å². The number of unbranched alkanes of at least 4 members (excludes halogenated alkanes) is 1. The minimum atomic E-state index is -0.947. The number of pyridine rings is 1. The van der Waals surface area contributed by atoms with E-state index in [1.165, 1.54) is 30.4 Å². The number of carbonyl (C=O) groups excluding carboxylic acids is 1. The average molecular weight is 491 g/mol. The fourth-order valence-corrected chi connectivity index (χ4v) is 5.70.